The zero-order valence-corrected chi connectivity index (χ0v) is 16.6. The second-order valence-corrected chi connectivity index (χ2v) is 8.93. The lowest BCUT2D eigenvalue weighted by Gasteiger charge is -2.25. The maximum absolute atomic E-state index is 13.3. The molecule has 5 nitrogen and oxygen atoms in total. The Morgan fingerprint density at radius 3 is 3.04 bits per heavy atom. The van der Waals surface area contributed by atoms with Gasteiger partial charge < -0.3 is 15.0 Å². The fourth-order valence-electron chi connectivity index (χ4n) is 3.38. The number of ether oxygens (including phenoxy) is 1. The second kappa shape index (κ2) is 8.46. The molecule has 2 aromatic rings. The first-order chi connectivity index (χ1) is 13.2. The lowest BCUT2D eigenvalue weighted by Crippen LogP contribution is -2.36. The molecule has 4 rings (SSSR count). The van der Waals surface area contributed by atoms with Crippen LogP contribution >= 0.6 is 23.1 Å². The van der Waals surface area contributed by atoms with Gasteiger partial charge in [0, 0.05) is 40.7 Å². The number of carbonyl (C=O) groups excluding carboxylic acids is 2. The van der Waals surface area contributed by atoms with Crippen molar-refractivity contribution in [3.63, 3.8) is 0 Å². The largest absolute Gasteiger partial charge is 0.376 e. The van der Waals surface area contributed by atoms with E-state index < -0.39 is 0 Å². The van der Waals surface area contributed by atoms with E-state index in [1.807, 2.05) is 40.6 Å². The molecule has 7 heteroatoms. The molecule has 2 aliphatic rings. The molecule has 3 heterocycles. The highest BCUT2D eigenvalue weighted by molar-refractivity contribution is 7.99. The SMILES string of the molecule is O=C1CCSc2ccc(C(=O)N(Cc3cccs3)CC3CCCO3)cc2N1. The molecular formula is C20H22N2O3S2. The number of anilines is 1. The summed E-state index contributed by atoms with van der Waals surface area (Å²) in [7, 11) is 0. The Morgan fingerprint density at radius 2 is 2.26 bits per heavy atom. The lowest BCUT2D eigenvalue weighted by atomic mass is 10.1. The van der Waals surface area contributed by atoms with E-state index >= 15 is 0 Å². The monoisotopic (exact) mass is 402 g/mol. The fourth-order valence-corrected chi connectivity index (χ4v) is 5.04. The van der Waals surface area contributed by atoms with Gasteiger partial charge in [-0.1, -0.05) is 6.07 Å². The topological polar surface area (TPSA) is 58.6 Å². The summed E-state index contributed by atoms with van der Waals surface area (Å²) in [6.45, 7) is 1.94. The van der Waals surface area contributed by atoms with E-state index in [1.165, 1.54) is 0 Å². The summed E-state index contributed by atoms with van der Waals surface area (Å²) in [6.07, 6.45) is 2.63. The molecule has 0 radical (unpaired) electrons. The molecule has 0 aliphatic carbocycles. The second-order valence-electron chi connectivity index (χ2n) is 6.76. The van der Waals surface area contributed by atoms with Crippen LogP contribution in [-0.2, 0) is 16.1 Å². The van der Waals surface area contributed by atoms with Crippen LogP contribution in [0.5, 0.6) is 0 Å². The Morgan fingerprint density at radius 1 is 1.33 bits per heavy atom. The number of hydrogen-bond donors (Lipinski definition) is 1. The third kappa shape index (κ3) is 4.54. The van der Waals surface area contributed by atoms with Crippen LogP contribution in [0.25, 0.3) is 0 Å². The Kier molecular flexibility index (Phi) is 5.80. The molecular weight excluding hydrogens is 380 g/mol. The molecule has 2 amide bonds. The van der Waals surface area contributed by atoms with Gasteiger partial charge in [-0.3, -0.25) is 9.59 Å². The maximum atomic E-state index is 13.3. The number of amides is 2. The van der Waals surface area contributed by atoms with Gasteiger partial charge in [0.1, 0.15) is 0 Å². The summed E-state index contributed by atoms with van der Waals surface area (Å²) < 4.78 is 5.76. The zero-order valence-electron chi connectivity index (χ0n) is 15.0. The molecule has 1 aromatic carbocycles. The highest BCUT2D eigenvalue weighted by Crippen LogP contribution is 2.32. The van der Waals surface area contributed by atoms with Crippen LogP contribution in [-0.4, -0.2) is 41.7 Å². The van der Waals surface area contributed by atoms with Crippen molar-refractivity contribution in [3.05, 3.63) is 46.2 Å². The Labute approximate surface area is 167 Å². The molecule has 0 saturated carbocycles. The van der Waals surface area contributed by atoms with Crippen molar-refractivity contribution >= 4 is 40.6 Å². The Hall–Kier alpha value is -1.83. The minimum absolute atomic E-state index is 0.000598. The molecule has 27 heavy (non-hydrogen) atoms. The maximum Gasteiger partial charge on any atom is 0.254 e. The van der Waals surface area contributed by atoms with Gasteiger partial charge >= 0.3 is 0 Å². The Balaban J connectivity index is 1.57. The van der Waals surface area contributed by atoms with Crippen LogP contribution in [0.2, 0.25) is 0 Å². The van der Waals surface area contributed by atoms with E-state index in [0.717, 1.165) is 40.7 Å². The summed E-state index contributed by atoms with van der Waals surface area (Å²) in [5.41, 5.74) is 1.34. The van der Waals surface area contributed by atoms with E-state index in [2.05, 4.69) is 5.32 Å². The predicted molar refractivity (Wildman–Crippen MR) is 108 cm³/mol. The standard InChI is InChI=1S/C20H22N2O3S2/c23-19-7-10-27-18-6-5-14(11-17(18)21-19)20(24)22(12-15-3-1-8-25-15)13-16-4-2-9-26-16/h2,4-6,9,11,15H,1,3,7-8,10,12-13H2,(H,21,23). The number of thioether (sulfide) groups is 1. The number of hydrogen-bond acceptors (Lipinski definition) is 5. The van der Waals surface area contributed by atoms with E-state index in [0.29, 0.717) is 25.1 Å². The van der Waals surface area contributed by atoms with Crippen LogP contribution in [0, 0.1) is 0 Å². The minimum atomic E-state index is -0.0230. The van der Waals surface area contributed by atoms with E-state index in [4.69, 9.17) is 4.74 Å². The zero-order chi connectivity index (χ0) is 18.6. The average Bonchev–Trinajstić information content (AvgIpc) is 3.32. The number of nitrogens with one attached hydrogen (secondary N) is 1. The molecule has 2 aliphatic heterocycles. The number of benzene rings is 1. The number of thiophene rings is 1. The number of nitrogens with zero attached hydrogens (tertiary/aromatic N) is 1. The number of carbonyl (C=O) groups is 2. The van der Waals surface area contributed by atoms with Crippen LogP contribution < -0.4 is 5.32 Å². The summed E-state index contributed by atoms with van der Waals surface area (Å²) in [6, 6.07) is 9.67. The lowest BCUT2D eigenvalue weighted by molar-refractivity contribution is -0.115. The average molecular weight is 403 g/mol. The van der Waals surface area contributed by atoms with Gasteiger partial charge in [0.2, 0.25) is 5.91 Å². The van der Waals surface area contributed by atoms with E-state index in [-0.39, 0.29) is 17.9 Å². The van der Waals surface area contributed by atoms with Gasteiger partial charge in [0.25, 0.3) is 5.91 Å². The van der Waals surface area contributed by atoms with Crippen molar-refractivity contribution in [1.29, 1.82) is 0 Å². The minimum Gasteiger partial charge on any atom is -0.376 e. The van der Waals surface area contributed by atoms with Gasteiger partial charge in [-0.15, -0.1) is 23.1 Å². The third-order valence-corrected chi connectivity index (χ3v) is 6.69. The van der Waals surface area contributed by atoms with Crippen LogP contribution in [0.1, 0.15) is 34.5 Å². The van der Waals surface area contributed by atoms with Gasteiger partial charge in [0.15, 0.2) is 0 Å². The van der Waals surface area contributed by atoms with E-state index in [9.17, 15) is 9.59 Å². The van der Waals surface area contributed by atoms with Crippen LogP contribution in [0.15, 0.2) is 40.6 Å². The summed E-state index contributed by atoms with van der Waals surface area (Å²) in [5.74, 6) is 0.737. The van der Waals surface area contributed by atoms with Crippen molar-refractivity contribution < 1.29 is 14.3 Å². The van der Waals surface area contributed by atoms with Gasteiger partial charge in [-0.2, -0.15) is 0 Å². The van der Waals surface area contributed by atoms with Gasteiger partial charge in [-0.25, -0.2) is 0 Å². The number of rotatable bonds is 5. The summed E-state index contributed by atoms with van der Waals surface area (Å²) in [4.78, 5) is 29.2. The first kappa shape index (κ1) is 18.5. The van der Waals surface area contributed by atoms with Crippen molar-refractivity contribution in [3.8, 4) is 0 Å². The smallest absolute Gasteiger partial charge is 0.254 e. The van der Waals surface area contributed by atoms with Crippen molar-refractivity contribution in [2.24, 2.45) is 0 Å². The van der Waals surface area contributed by atoms with Crippen LogP contribution in [0.3, 0.4) is 0 Å². The highest BCUT2D eigenvalue weighted by atomic mass is 32.2. The predicted octanol–water partition coefficient (Wildman–Crippen LogP) is 4.00. The van der Waals surface area contributed by atoms with Gasteiger partial charge in [0.05, 0.1) is 18.3 Å². The fraction of sp³-hybridized carbons (Fsp3) is 0.400. The molecule has 1 atom stereocenters. The molecule has 1 saturated heterocycles. The third-order valence-electron chi connectivity index (χ3n) is 4.75. The van der Waals surface area contributed by atoms with Gasteiger partial charge in [-0.05, 0) is 42.5 Å². The normalized spacial score (nSPS) is 19.3. The molecule has 1 N–H and O–H groups in total. The first-order valence-electron chi connectivity index (χ1n) is 9.19. The Bertz CT molecular complexity index is 817. The van der Waals surface area contributed by atoms with Crippen molar-refractivity contribution in [2.45, 2.75) is 36.8 Å². The molecule has 1 unspecified atom stereocenters. The molecule has 1 fully saturated rings. The van der Waals surface area contributed by atoms with Crippen molar-refractivity contribution in [2.75, 3.05) is 24.2 Å². The first-order valence-corrected chi connectivity index (χ1v) is 11.1. The molecule has 0 spiro atoms. The number of fused-ring (bicyclic) bond motifs is 1. The van der Waals surface area contributed by atoms with Crippen molar-refractivity contribution in [1.82, 2.24) is 4.90 Å². The molecule has 0 bridgehead atoms. The summed E-state index contributed by atoms with van der Waals surface area (Å²) in [5, 5.41) is 4.95. The quantitative estimate of drug-likeness (QED) is 0.821. The van der Waals surface area contributed by atoms with E-state index in [1.54, 1.807) is 23.1 Å². The highest BCUT2D eigenvalue weighted by Gasteiger charge is 2.25. The molecule has 142 valence electrons. The summed E-state index contributed by atoms with van der Waals surface area (Å²) >= 11 is 3.30. The van der Waals surface area contributed by atoms with Crippen LogP contribution in [0.4, 0.5) is 5.69 Å². The molecule has 1 aromatic heterocycles.